The number of aliphatic hydroxyl groups is 1. The molecular formula is C17H16N2O. The summed E-state index contributed by atoms with van der Waals surface area (Å²) >= 11 is 0. The summed E-state index contributed by atoms with van der Waals surface area (Å²) in [5.41, 5.74) is 4.22. The summed E-state index contributed by atoms with van der Waals surface area (Å²) in [6.45, 7) is 1.77. The molecule has 0 amide bonds. The lowest BCUT2D eigenvalue weighted by atomic mass is 10.0. The maximum absolute atomic E-state index is 9.54. The van der Waals surface area contributed by atoms with Gasteiger partial charge < -0.3 is 5.11 Å². The Hall–Kier alpha value is -2.39. The Morgan fingerprint density at radius 3 is 2.45 bits per heavy atom. The van der Waals surface area contributed by atoms with Crippen LogP contribution in [0.3, 0.4) is 0 Å². The van der Waals surface area contributed by atoms with E-state index in [2.05, 4.69) is 17.2 Å². The smallest absolute Gasteiger partial charge is 0.0761 e. The van der Waals surface area contributed by atoms with Crippen LogP contribution in [-0.4, -0.2) is 14.9 Å². The predicted molar refractivity (Wildman–Crippen MR) is 79.6 cm³/mol. The Bertz CT molecular complexity index is 685. The van der Waals surface area contributed by atoms with Crippen molar-refractivity contribution in [1.82, 2.24) is 9.78 Å². The fraction of sp³-hybridized carbons (Fsp3) is 0.118. The fourth-order valence-electron chi connectivity index (χ4n) is 2.20. The van der Waals surface area contributed by atoms with Gasteiger partial charge in [-0.15, -0.1) is 0 Å². The molecule has 3 nitrogen and oxygen atoms in total. The molecule has 0 fully saturated rings. The third kappa shape index (κ3) is 2.49. The molecule has 1 aromatic heterocycles. The summed E-state index contributed by atoms with van der Waals surface area (Å²) in [5.74, 6) is 0. The minimum Gasteiger partial charge on any atom is -0.389 e. The Morgan fingerprint density at radius 2 is 1.80 bits per heavy atom. The van der Waals surface area contributed by atoms with Crippen LogP contribution in [-0.2, 0) is 0 Å². The monoisotopic (exact) mass is 264 g/mol. The Balaban J connectivity index is 1.96. The highest BCUT2D eigenvalue weighted by Gasteiger charge is 2.03. The second-order valence-electron chi connectivity index (χ2n) is 4.80. The lowest BCUT2D eigenvalue weighted by Crippen LogP contribution is -1.94. The first-order chi connectivity index (χ1) is 9.74. The quantitative estimate of drug-likeness (QED) is 0.785. The average Bonchev–Trinajstić information content (AvgIpc) is 3.02. The number of rotatable bonds is 3. The van der Waals surface area contributed by atoms with Crippen molar-refractivity contribution in [2.45, 2.75) is 13.0 Å². The van der Waals surface area contributed by atoms with Gasteiger partial charge in [0.2, 0.25) is 0 Å². The first-order valence-electron chi connectivity index (χ1n) is 6.62. The van der Waals surface area contributed by atoms with Crippen LogP contribution in [0.15, 0.2) is 67.0 Å². The standard InChI is InChI=1S/C17H16N2O/c1-13(20)14-6-8-15(9-7-14)16-4-2-5-17(12-16)19-11-3-10-18-19/h2-13,20H,1H3/t13-/m0/s1. The Kier molecular flexibility index (Phi) is 3.35. The molecule has 0 bridgehead atoms. The highest BCUT2D eigenvalue weighted by molar-refractivity contribution is 5.66. The van der Waals surface area contributed by atoms with Gasteiger partial charge in [0.05, 0.1) is 11.8 Å². The van der Waals surface area contributed by atoms with E-state index >= 15 is 0 Å². The number of hydrogen-bond donors (Lipinski definition) is 1. The molecule has 2 aromatic carbocycles. The number of hydrogen-bond acceptors (Lipinski definition) is 2. The molecule has 0 aliphatic carbocycles. The summed E-state index contributed by atoms with van der Waals surface area (Å²) in [4.78, 5) is 0. The van der Waals surface area contributed by atoms with Crippen LogP contribution < -0.4 is 0 Å². The van der Waals surface area contributed by atoms with Crippen molar-refractivity contribution in [3.8, 4) is 16.8 Å². The van der Waals surface area contributed by atoms with Crippen molar-refractivity contribution in [2.75, 3.05) is 0 Å². The Labute approximate surface area is 118 Å². The van der Waals surface area contributed by atoms with Crippen LogP contribution in [0.1, 0.15) is 18.6 Å². The van der Waals surface area contributed by atoms with Crippen LogP contribution in [0.25, 0.3) is 16.8 Å². The van der Waals surface area contributed by atoms with Gasteiger partial charge in [-0.05, 0) is 41.8 Å². The van der Waals surface area contributed by atoms with E-state index in [1.165, 1.54) is 0 Å². The van der Waals surface area contributed by atoms with Gasteiger partial charge in [0.15, 0.2) is 0 Å². The second kappa shape index (κ2) is 5.31. The molecule has 0 spiro atoms. The number of nitrogens with zero attached hydrogens (tertiary/aromatic N) is 2. The lowest BCUT2D eigenvalue weighted by molar-refractivity contribution is 0.199. The summed E-state index contributed by atoms with van der Waals surface area (Å²) in [7, 11) is 0. The van der Waals surface area contributed by atoms with E-state index in [0.29, 0.717) is 0 Å². The van der Waals surface area contributed by atoms with Crippen LogP contribution >= 0.6 is 0 Å². The molecule has 0 aliphatic heterocycles. The summed E-state index contributed by atoms with van der Waals surface area (Å²) in [6, 6.07) is 18.1. The second-order valence-corrected chi connectivity index (χ2v) is 4.80. The first kappa shape index (κ1) is 12.6. The molecule has 0 aliphatic rings. The van der Waals surface area contributed by atoms with E-state index in [9.17, 15) is 5.11 Å². The van der Waals surface area contributed by atoms with Crippen molar-refractivity contribution >= 4 is 0 Å². The molecule has 3 heteroatoms. The SMILES string of the molecule is C[C@H](O)c1ccc(-c2cccc(-n3cccn3)c2)cc1. The highest BCUT2D eigenvalue weighted by Crippen LogP contribution is 2.23. The normalized spacial score (nSPS) is 12.3. The van der Waals surface area contributed by atoms with Crippen molar-refractivity contribution < 1.29 is 5.11 Å². The predicted octanol–water partition coefficient (Wildman–Crippen LogP) is 3.59. The van der Waals surface area contributed by atoms with E-state index in [-0.39, 0.29) is 0 Å². The van der Waals surface area contributed by atoms with Crippen molar-refractivity contribution in [3.63, 3.8) is 0 Å². The Morgan fingerprint density at radius 1 is 1.00 bits per heavy atom. The van der Waals surface area contributed by atoms with Crippen molar-refractivity contribution in [3.05, 3.63) is 72.6 Å². The summed E-state index contributed by atoms with van der Waals surface area (Å²) in [5, 5.41) is 13.8. The molecule has 3 aromatic rings. The third-order valence-electron chi connectivity index (χ3n) is 3.34. The zero-order valence-electron chi connectivity index (χ0n) is 11.3. The van der Waals surface area contributed by atoms with Gasteiger partial charge in [0, 0.05) is 12.4 Å². The van der Waals surface area contributed by atoms with E-state index in [1.807, 2.05) is 53.3 Å². The topological polar surface area (TPSA) is 38.0 Å². The van der Waals surface area contributed by atoms with Gasteiger partial charge in [0.1, 0.15) is 0 Å². The maximum Gasteiger partial charge on any atom is 0.0761 e. The molecule has 3 rings (SSSR count). The molecule has 0 saturated carbocycles. The van der Waals surface area contributed by atoms with E-state index < -0.39 is 6.10 Å². The molecule has 100 valence electrons. The zero-order valence-corrected chi connectivity index (χ0v) is 11.3. The minimum atomic E-state index is -0.431. The van der Waals surface area contributed by atoms with Gasteiger partial charge in [-0.3, -0.25) is 0 Å². The summed E-state index contributed by atoms with van der Waals surface area (Å²) in [6.07, 6.45) is 3.26. The largest absolute Gasteiger partial charge is 0.389 e. The molecular weight excluding hydrogens is 248 g/mol. The first-order valence-corrected chi connectivity index (χ1v) is 6.62. The number of benzene rings is 2. The molecule has 1 atom stereocenters. The van der Waals surface area contributed by atoms with Gasteiger partial charge >= 0.3 is 0 Å². The van der Waals surface area contributed by atoms with Gasteiger partial charge in [0.25, 0.3) is 0 Å². The third-order valence-corrected chi connectivity index (χ3v) is 3.34. The fourth-order valence-corrected chi connectivity index (χ4v) is 2.20. The van der Waals surface area contributed by atoms with Gasteiger partial charge in [-0.2, -0.15) is 5.10 Å². The lowest BCUT2D eigenvalue weighted by Gasteiger charge is -2.08. The molecule has 0 unspecified atom stereocenters. The number of aromatic nitrogens is 2. The summed E-state index contributed by atoms with van der Waals surface area (Å²) < 4.78 is 1.84. The maximum atomic E-state index is 9.54. The van der Waals surface area contributed by atoms with E-state index in [0.717, 1.165) is 22.4 Å². The van der Waals surface area contributed by atoms with Crippen LogP contribution in [0.5, 0.6) is 0 Å². The zero-order chi connectivity index (χ0) is 13.9. The van der Waals surface area contributed by atoms with Crippen LogP contribution in [0.2, 0.25) is 0 Å². The molecule has 1 heterocycles. The number of aliphatic hydroxyl groups excluding tert-OH is 1. The van der Waals surface area contributed by atoms with E-state index in [4.69, 9.17) is 0 Å². The van der Waals surface area contributed by atoms with Crippen molar-refractivity contribution in [1.29, 1.82) is 0 Å². The van der Waals surface area contributed by atoms with Gasteiger partial charge in [-0.1, -0.05) is 36.4 Å². The van der Waals surface area contributed by atoms with Crippen molar-refractivity contribution in [2.24, 2.45) is 0 Å². The van der Waals surface area contributed by atoms with Crippen LogP contribution in [0.4, 0.5) is 0 Å². The van der Waals surface area contributed by atoms with Crippen LogP contribution in [0, 0.1) is 0 Å². The highest BCUT2D eigenvalue weighted by atomic mass is 16.3. The minimum absolute atomic E-state index is 0.431. The molecule has 0 radical (unpaired) electrons. The molecule has 1 N–H and O–H groups in total. The van der Waals surface area contributed by atoms with E-state index in [1.54, 1.807) is 13.1 Å². The average molecular weight is 264 g/mol. The molecule has 0 saturated heterocycles. The molecule has 20 heavy (non-hydrogen) atoms. The van der Waals surface area contributed by atoms with Gasteiger partial charge in [-0.25, -0.2) is 4.68 Å².